The van der Waals surface area contributed by atoms with Gasteiger partial charge in [-0.1, -0.05) is 18.2 Å². The first-order valence-corrected chi connectivity index (χ1v) is 13.4. The van der Waals surface area contributed by atoms with Crippen LogP contribution in [0.1, 0.15) is 33.4 Å². The number of anilines is 1. The summed E-state index contributed by atoms with van der Waals surface area (Å²) >= 11 is 5.94. The first-order chi connectivity index (χ1) is 17.5. The Bertz CT molecular complexity index is 1290. The minimum absolute atomic E-state index is 0.0552. The number of nitrogens with two attached hydrogens (primary N) is 1. The van der Waals surface area contributed by atoms with E-state index in [1.807, 2.05) is 0 Å². The van der Waals surface area contributed by atoms with Gasteiger partial charge in [0.2, 0.25) is 5.28 Å². The molecule has 4 N–H and O–H groups in total. The number of rotatable bonds is 10. The van der Waals surface area contributed by atoms with E-state index in [0.29, 0.717) is 11.2 Å². The maximum atomic E-state index is 13.6. The van der Waals surface area contributed by atoms with E-state index in [9.17, 15) is 14.5 Å². The van der Waals surface area contributed by atoms with Crippen molar-refractivity contribution in [3.63, 3.8) is 0 Å². The Morgan fingerprint density at radius 3 is 2.76 bits per heavy atom. The van der Waals surface area contributed by atoms with Gasteiger partial charge in [-0.25, -0.2) is 9.55 Å². The molecule has 1 aromatic carbocycles. The van der Waals surface area contributed by atoms with Gasteiger partial charge in [0.05, 0.1) is 25.1 Å². The largest absolute Gasteiger partial charge is 0.462 e. The first-order valence-electron chi connectivity index (χ1n) is 11.5. The van der Waals surface area contributed by atoms with E-state index in [1.165, 1.54) is 13.3 Å². The summed E-state index contributed by atoms with van der Waals surface area (Å²) in [4.78, 5) is 24.5. The molecule has 5 atom stereocenters. The minimum atomic E-state index is -4.12. The maximum absolute atomic E-state index is 13.6. The van der Waals surface area contributed by atoms with Crippen LogP contribution in [-0.4, -0.2) is 61.6 Å². The third kappa shape index (κ3) is 6.56. The van der Waals surface area contributed by atoms with Crippen molar-refractivity contribution in [2.24, 2.45) is 0 Å². The summed E-state index contributed by atoms with van der Waals surface area (Å²) in [6, 6.07) is 7.34. The average Bonchev–Trinajstić information content (AvgIpc) is 3.41. The fourth-order valence-electron chi connectivity index (χ4n) is 3.66. The zero-order valence-corrected chi connectivity index (χ0v) is 22.0. The summed E-state index contributed by atoms with van der Waals surface area (Å²) in [7, 11) is -4.12. The summed E-state index contributed by atoms with van der Waals surface area (Å²) in [5.74, 6) is -0.255. The van der Waals surface area contributed by atoms with Gasteiger partial charge in [-0.15, -0.1) is 0 Å². The standard InChI is InChI=1S/C22H28ClN6O7P/c1-12(2)34-21(31)13(3)28-37(32,36-14-7-5-4-6-8-14)33-10-16-15(30)9-17(35-16)29-11-25-18-19(24)26-22(23)27-20(18)29/h4-8,11-13,15-17,30H,9-10H2,1-3H3,(H,28,32)(H2,24,26,27)/t13-,15+,16-,17-,37?/m1/s1. The van der Waals surface area contributed by atoms with Crippen LogP contribution >= 0.6 is 19.3 Å². The lowest BCUT2D eigenvalue weighted by molar-refractivity contribution is -0.149. The number of halogens is 1. The summed E-state index contributed by atoms with van der Waals surface area (Å²) < 4.78 is 37.6. The number of hydrogen-bond donors (Lipinski definition) is 3. The molecule has 15 heteroatoms. The van der Waals surface area contributed by atoms with Crippen LogP contribution in [-0.2, 0) is 23.4 Å². The number of esters is 1. The van der Waals surface area contributed by atoms with E-state index in [-0.39, 0.29) is 36.0 Å². The molecular formula is C22H28ClN6O7P. The number of carbonyl (C=O) groups is 1. The highest BCUT2D eigenvalue weighted by Crippen LogP contribution is 2.46. The molecule has 0 spiro atoms. The highest BCUT2D eigenvalue weighted by atomic mass is 35.5. The molecule has 0 bridgehead atoms. The van der Waals surface area contributed by atoms with E-state index in [4.69, 9.17) is 35.9 Å². The van der Waals surface area contributed by atoms with Crippen LogP contribution in [0.5, 0.6) is 5.75 Å². The molecule has 37 heavy (non-hydrogen) atoms. The second kappa shape index (κ2) is 11.3. The van der Waals surface area contributed by atoms with Gasteiger partial charge in [-0.2, -0.15) is 15.1 Å². The van der Waals surface area contributed by atoms with Crippen molar-refractivity contribution in [2.75, 3.05) is 12.3 Å². The molecule has 3 heterocycles. The molecular weight excluding hydrogens is 527 g/mol. The topological polar surface area (TPSA) is 173 Å². The van der Waals surface area contributed by atoms with Crippen LogP contribution in [0.4, 0.5) is 5.82 Å². The lowest BCUT2D eigenvalue weighted by Gasteiger charge is -2.25. The van der Waals surface area contributed by atoms with Crippen molar-refractivity contribution in [1.82, 2.24) is 24.6 Å². The monoisotopic (exact) mass is 554 g/mol. The number of para-hydroxylation sites is 1. The first kappa shape index (κ1) is 27.2. The molecule has 1 fully saturated rings. The maximum Gasteiger partial charge on any atom is 0.459 e. The molecule has 0 aliphatic carbocycles. The molecule has 0 saturated carbocycles. The van der Waals surface area contributed by atoms with E-state index >= 15 is 0 Å². The van der Waals surface area contributed by atoms with Gasteiger partial charge in [-0.05, 0) is 44.5 Å². The molecule has 4 rings (SSSR count). The van der Waals surface area contributed by atoms with Gasteiger partial charge < -0.3 is 24.8 Å². The van der Waals surface area contributed by atoms with Crippen molar-refractivity contribution in [2.45, 2.75) is 57.8 Å². The number of aliphatic hydroxyl groups excluding tert-OH is 1. The molecule has 13 nitrogen and oxygen atoms in total. The zero-order valence-electron chi connectivity index (χ0n) is 20.4. The van der Waals surface area contributed by atoms with Crippen LogP contribution in [0.15, 0.2) is 36.7 Å². The van der Waals surface area contributed by atoms with Crippen LogP contribution in [0, 0.1) is 0 Å². The summed E-state index contributed by atoms with van der Waals surface area (Å²) in [6.07, 6.45) is -1.29. The van der Waals surface area contributed by atoms with Crippen molar-refractivity contribution >= 4 is 42.3 Å². The number of aromatic nitrogens is 4. The number of aliphatic hydroxyl groups is 1. The summed E-state index contributed by atoms with van der Waals surface area (Å²) in [5, 5.41) is 13.2. The fourth-order valence-corrected chi connectivity index (χ4v) is 5.34. The molecule has 0 radical (unpaired) electrons. The Kier molecular flexibility index (Phi) is 8.32. The number of hydrogen-bond acceptors (Lipinski definition) is 11. The number of imidazole rings is 1. The molecule has 1 aliphatic heterocycles. The molecule has 0 amide bonds. The number of benzene rings is 1. The van der Waals surface area contributed by atoms with Gasteiger partial charge in [-0.3, -0.25) is 13.9 Å². The van der Waals surface area contributed by atoms with E-state index in [2.05, 4.69) is 20.0 Å². The van der Waals surface area contributed by atoms with Gasteiger partial charge >= 0.3 is 13.7 Å². The fraction of sp³-hybridized carbons (Fsp3) is 0.455. The van der Waals surface area contributed by atoms with Crippen LogP contribution in [0.25, 0.3) is 11.2 Å². The van der Waals surface area contributed by atoms with E-state index in [1.54, 1.807) is 48.7 Å². The third-order valence-electron chi connectivity index (χ3n) is 5.37. The minimum Gasteiger partial charge on any atom is -0.462 e. The number of nitrogens with one attached hydrogen (secondary N) is 1. The predicted molar refractivity (Wildman–Crippen MR) is 134 cm³/mol. The molecule has 3 aromatic rings. The van der Waals surface area contributed by atoms with E-state index in [0.717, 1.165) is 0 Å². The van der Waals surface area contributed by atoms with Gasteiger partial charge in [0.1, 0.15) is 29.6 Å². The quantitative estimate of drug-likeness (QED) is 0.190. The van der Waals surface area contributed by atoms with E-state index < -0.39 is 38.2 Å². The average molecular weight is 555 g/mol. The second-order valence-electron chi connectivity index (χ2n) is 8.67. The Morgan fingerprint density at radius 1 is 1.32 bits per heavy atom. The van der Waals surface area contributed by atoms with Crippen molar-refractivity contribution in [3.05, 3.63) is 41.9 Å². The Balaban J connectivity index is 1.48. The second-order valence-corrected chi connectivity index (χ2v) is 10.7. The SMILES string of the molecule is CC(C)OC(=O)[C@@H](C)NP(=O)(OC[C@H]1O[C@@H](n2cnc3c(N)nc(Cl)nc32)C[C@@H]1O)Oc1ccccc1. The molecule has 1 aliphatic rings. The number of nitrogen functional groups attached to an aromatic ring is 1. The number of fused-ring (bicyclic) bond motifs is 1. The Morgan fingerprint density at radius 2 is 2.05 bits per heavy atom. The Hall–Kier alpha value is -2.80. The smallest absolute Gasteiger partial charge is 0.459 e. The number of nitrogens with zero attached hydrogens (tertiary/aromatic N) is 4. The molecule has 200 valence electrons. The highest BCUT2D eigenvalue weighted by Gasteiger charge is 2.40. The van der Waals surface area contributed by atoms with Crippen LogP contribution < -0.4 is 15.3 Å². The Labute approximate surface area is 217 Å². The highest BCUT2D eigenvalue weighted by molar-refractivity contribution is 7.52. The predicted octanol–water partition coefficient (Wildman–Crippen LogP) is 2.84. The third-order valence-corrected chi connectivity index (χ3v) is 7.18. The lowest BCUT2D eigenvalue weighted by Crippen LogP contribution is -2.37. The molecule has 1 unspecified atom stereocenters. The molecule has 2 aromatic heterocycles. The summed E-state index contributed by atoms with van der Waals surface area (Å²) in [6.45, 7) is 4.57. The van der Waals surface area contributed by atoms with Gasteiger partial charge in [0.25, 0.3) is 0 Å². The van der Waals surface area contributed by atoms with Crippen molar-refractivity contribution in [1.29, 1.82) is 0 Å². The summed E-state index contributed by atoms with van der Waals surface area (Å²) in [5.41, 5.74) is 6.55. The van der Waals surface area contributed by atoms with Crippen molar-refractivity contribution < 1.29 is 33.0 Å². The number of ether oxygens (including phenoxy) is 2. The lowest BCUT2D eigenvalue weighted by atomic mass is 10.2. The zero-order chi connectivity index (χ0) is 26.7. The van der Waals surface area contributed by atoms with Crippen LogP contribution in [0.3, 0.4) is 0 Å². The number of carbonyl (C=O) groups excluding carboxylic acids is 1. The van der Waals surface area contributed by atoms with Crippen LogP contribution in [0.2, 0.25) is 5.28 Å². The normalized spacial score (nSPS) is 22.2. The molecule has 1 saturated heterocycles. The van der Waals surface area contributed by atoms with Gasteiger partial charge in [0.15, 0.2) is 11.5 Å². The van der Waals surface area contributed by atoms with Gasteiger partial charge in [0, 0.05) is 6.42 Å². The van der Waals surface area contributed by atoms with Crippen molar-refractivity contribution in [3.8, 4) is 5.75 Å².